The normalized spacial score (nSPS) is 18.7. The number of nitrogens with zero attached hydrogens (tertiary/aromatic N) is 2. The molecule has 4 amide bonds. The molecule has 6 heteroatoms. The summed E-state index contributed by atoms with van der Waals surface area (Å²) >= 11 is 0. The zero-order chi connectivity index (χ0) is 21.0. The first-order chi connectivity index (χ1) is 13.8. The summed E-state index contributed by atoms with van der Waals surface area (Å²) in [5.74, 6) is -0.628. The molecule has 0 bridgehead atoms. The minimum atomic E-state index is -0.997. The molecular formula is C23H27N3O3. The summed E-state index contributed by atoms with van der Waals surface area (Å²) in [7, 11) is 1.68. The van der Waals surface area contributed by atoms with Gasteiger partial charge in [0.05, 0.1) is 0 Å². The van der Waals surface area contributed by atoms with E-state index in [0.29, 0.717) is 19.4 Å². The van der Waals surface area contributed by atoms with Crippen molar-refractivity contribution in [2.45, 2.75) is 38.8 Å². The van der Waals surface area contributed by atoms with Crippen molar-refractivity contribution < 1.29 is 14.4 Å². The second-order valence-electron chi connectivity index (χ2n) is 7.87. The number of urea groups is 1. The fourth-order valence-corrected chi connectivity index (χ4v) is 3.41. The molecular weight excluding hydrogens is 366 g/mol. The summed E-state index contributed by atoms with van der Waals surface area (Å²) < 4.78 is 0. The van der Waals surface area contributed by atoms with Gasteiger partial charge in [0.2, 0.25) is 5.91 Å². The van der Waals surface area contributed by atoms with Crippen LogP contribution in [0.3, 0.4) is 0 Å². The zero-order valence-corrected chi connectivity index (χ0v) is 17.1. The molecule has 152 valence electrons. The van der Waals surface area contributed by atoms with Gasteiger partial charge < -0.3 is 10.2 Å². The maximum Gasteiger partial charge on any atom is 0.325 e. The quantitative estimate of drug-likeness (QED) is 0.736. The van der Waals surface area contributed by atoms with Crippen molar-refractivity contribution in [2.75, 3.05) is 13.6 Å². The first kappa shape index (κ1) is 20.6. The van der Waals surface area contributed by atoms with Gasteiger partial charge in [-0.15, -0.1) is 0 Å². The molecule has 2 aromatic rings. The summed E-state index contributed by atoms with van der Waals surface area (Å²) in [6, 6.07) is 17.2. The average molecular weight is 393 g/mol. The second kappa shape index (κ2) is 8.47. The Morgan fingerprint density at radius 1 is 1.03 bits per heavy atom. The summed E-state index contributed by atoms with van der Waals surface area (Å²) in [6.45, 7) is 3.89. The first-order valence-corrected chi connectivity index (χ1v) is 9.76. The molecule has 6 nitrogen and oxygen atoms in total. The molecule has 0 spiro atoms. The summed E-state index contributed by atoms with van der Waals surface area (Å²) in [4.78, 5) is 40.4. The predicted molar refractivity (Wildman–Crippen MR) is 111 cm³/mol. The van der Waals surface area contributed by atoms with Crippen molar-refractivity contribution in [1.29, 1.82) is 0 Å². The molecule has 0 aromatic heterocycles. The van der Waals surface area contributed by atoms with E-state index in [1.165, 1.54) is 4.90 Å². The number of hydrogen-bond acceptors (Lipinski definition) is 3. The van der Waals surface area contributed by atoms with Crippen LogP contribution in [-0.4, -0.2) is 46.8 Å². The number of likely N-dealkylation sites (N-methyl/N-ethyl adjacent to an activating group) is 1. The van der Waals surface area contributed by atoms with Gasteiger partial charge in [0.25, 0.3) is 5.91 Å². The van der Waals surface area contributed by atoms with Gasteiger partial charge in [-0.1, -0.05) is 60.2 Å². The van der Waals surface area contributed by atoms with Crippen LogP contribution in [0, 0.1) is 6.92 Å². The number of imide groups is 1. The molecule has 0 radical (unpaired) electrons. The third-order valence-electron chi connectivity index (χ3n) is 5.36. The molecule has 1 heterocycles. The number of benzene rings is 2. The highest BCUT2D eigenvalue weighted by Crippen LogP contribution is 2.23. The van der Waals surface area contributed by atoms with E-state index >= 15 is 0 Å². The highest BCUT2D eigenvalue weighted by Gasteiger charge is 2.48. The minimum Gasteiger partial charge on any atom is -0.340 e. The highest BCUT2D eigenvalue weighted by molar-refractivity contribution is 6.08. The lowest BCUT2D eigenvalue weighted by Crippen LogP contribution is -2.45. The average Bonchev–Trinajstić information content (AvgIpc) is 2.92. The summed E-state index contributed by atoms with van der Waals surface area (Å²) in [5, 5.41) is 2.77. The van der Waals surface area contributed by atoms with E-state index in [0.717, 1.165) is 21.6 Å². The smallest absolute Gasteiger partial charge is 0.325 e. The predicted octanol–water partition coefficient (Wildman–Crippen LogP) is 2.90. The standard InChI is InChI=1S/C23H27N3O3/c1-17-9-11-19(12-10-17)15-25(3)20(27)16-26-21(28)23(2,24-22(26)29)14-13-18-7-5-4-6-8-18/h4-12H,13-16H2,1-3H3,(H,24,29)/t23-/m1/s1. The molecule has 29 heavy (non-hydrogen) atoms. The number of aryl methyl sites for hydroxylation is 2. The van der Waals surface area contributed by atoms with E-state index in [1.54, 1.807) is 14.0 Å². The van der Waals surface area contributed by atoms with E-state index in [9.17, 15) is 14.4 Å². The number of hydrogen-bond donors (Lipinski definition) is 1. The number of rotatable bonds is 7. The van der Waals surface area contributed by atoms with Gasteiger partial charge in [0.1, 0.15) is 12.1 Å². The van der Waals surface area contributed by atoms with Gasteiger partial charge in [0, 0.05) is 13.6 Å². The molecule has 2 aromatic carbocycles. The molecule has 1 saturated heterocycles. The third kappa shape index (κ3) is 4.83. The van der Waals surface area contributed by atoms with E-state index in [2.05, 4.69) is 5.32 Å². The molecule has 1 fully saturated rings. The van der Waals surface area contributed by atoms with Crippen molar-refractivity contribution >= 4 is 17.8 Å². The maximum atomic E-state index is 12.9. The molecule has 1 aliphatic heterocycles. The van der Waals surface area contributed by atoms with Gasteiger partial charge in [-0.3, -0.25) is 14.5 Å². The van der Waals surface area contributed by atoms with Crippen LogP contribution in [-0.2, 0) is 22.6 Å². The summed E-state index contributed by atoms with van der Waals surface area (Å²) in [6.07, 6.45) is 1.14. The zero-order valence-electron chi connectivity index (χ0n) is 17.1. The number of amides is 4. The fourth-order valence-electron chi connectivity index (χ4n) is 3.41. The lowest BCUT2D eigenvalue weighted by Gasteiger charge is -2.23. The van der Waals surface area contributed by atoms with E-state index in [1.807, 2.05) is 61.5 Å². The molecule has 1 aliphatic rings. The van der Waals surface area contributed by atoms with Gasteiger partial charge in [-0.05, 0) is 37.8 Å². The Balaban J connectivity index is 1.60. The summed E-state index contributed by atoms with van der Waals surface area (Å²) in [5.41, 5.74) is 2.25. The van der Waals surface area contributed by atoms with Crippen LogP contribution in [0.4, 0.5) is 4.79 Å². The fraction of sp³-hybridized carbons (Fsp3) is 0.348. The van der Waals surface area contributed by atoms with Crippen LogP contribution in [0.1, 0.15) is 30.0 Å². The van der Waals surface area contributed by atoms with Gasteiger partial charge >= 0.3 is 6.03 Å². The molecule has 0 saturated carbocycles. The number of carbonyl (C=O) groups is 3. The van der Waals surface area contributed by atoms with Crippen LogP contribution < -0.4 is 5.32 Å². The van der Waals surface area contributed by atoms with Crippen LogP contribution in [0.25, 0.3) is 0 Å². The third-order valence-corrected chi connectivity index (χ3v) is 5.36. The molecule has 3 rings (SSSR count). The Morgan fingerprint density at radius 3 is 2.34 bits per heavy atom. The van der Waals surface area contributed by atoms with Crippen molar-refractivity contribution in [3.8, 4) is 0 Å². The van der Waals surface area contributed by atoms with Crippen LogP contribution in [0.5, 0.6) is 0 Å². The van der Waals surface area contributed by atoms with Crippen molar-refractivity contribution in [2.24, 2.45) is 0 Å². The van der Waals surface area contributed by atoms with Gasteiger partial charge in [-0.2, -0.15) is 0 Å². The Kier molecular flexibility index (Phi) is 6.01. The number of nitrogens with one attached hydrogen (secondary N) is 1. The molecule has 0 unspecified atom stereocenters. The van der Waals surface area contributed by atoms with Gasteiger partial charge in [-0.25, -0.2) is 4.79 Å². The monoisotopic (exact) mass is 393 g/mol. The lowest BCUT2D eigenvalue weighted by atomic mass is 9.93. The topological polar surface area (TPSA) is 69.7 Å². The SMILES string of the molecule is Cc1ccc(CN(C)C(=O)CN2C(=O)N[C@](C)(CCc3ccccc3)C2=O)cc1. The largest absolute Gasteiger partial charge is 0.340 e. The van der Waals surface area contributed by atoms with Crippen LogP contribution in [0.2, 0.25) is 0 Å². The van der Waals surface area contributed by atoms with Crippen molar-refractivity contribution in [3.05, 3.63) is 71.3 Å². The Hall–Kier alpha value is -3.15. The molecule has 0 aliphatic carbocycles. The van der Waals surface area contributed by atoms with Crippen LogP contribution in [0.15, 0.2) is 54.6 Å². The molecule has 1 atom stereocenters. The minimum absolute atomic E-state index is 0.256. The highest BCUT2D eigenvalue weighted by atomic mass is 16.2. The van der Waals surface area contributed by atoms with Crippen molar-refractivity contribution in [3.63, 3.8) is 0 Å². The second-order valence-corrected chi connectivity index (χ2v) is 7.87. The van der Waals surface area contributed by atoms with E-state index in [-0.39, 0.29) is 18.4 Å². The van der Waals surface area contributed by atoms with E-state index in [4.69, 9.17) is 0 Å². The number of carbonyl (C=O) groups excluding carboxylic acids is 3. The maximum absolute atomic E-state index is 12.9. The Bertz CT molecular complexity index is 895. The van der Waals surface area contributed by atoms with E-state index < -0.39 is 11.6 Å². The lowest BCUT2D eigenvalue weighted by molar-refractivity contribution is -0.138. The Morgan fingerprint density at radius 2 is 1.69 bits per heavy atom. The van der Waals surface area contributed by atoms with Crippen molar-refractivity contribution in [1.82, 2.24) is 15.1 Å². The Labute approximate surface area is 171 Å². The van der Waals surface area contributed by atoms with Crippen LogP contribution >= 0.6 is 0 Å². The first-order valence-electron chi connectivity index (χ1n) is 9.76. The molecule has 1 N–H and O–H groups in total. The van der Waals surface area contributed by atoms with Gasteiger partial charge in [0.15, 0.2) is 0 Å².